The average molecular weight is 447 g/mol. The largest absolute Gasteiger partial charge is 0.497 e. The molecular weight excluding hydrogens is 408 g/mol. The quantitative estimate of drug-likeness (QED) is 0.507. The summed E-state index contributed by atoms with van der Waals surface area (Å²) < 4.78 is 22.9. The Bertz CT molecular complexity index is 717. The van der Waals surface area contributed by atoms with Crippen molar-refractivity contribution in [2.24, 2.45) is 4.99 Å². The van der Waals surface area contributed by atoms with E-state index in [-0.39, 0.29) is 18.2 Å². The first-order valence-electron chi connectivity index (χ1n) is 12.0. The number of rotatable bonds is 7. The molecule has 8 heteroatoms. The molecule has 0 bridgehead atoms. The lowest BCUT2D eigenvalue weighted by Crippen LogP contribution is -2.53. The molecule has 32 heavy (non-hydrogen) atoms. The number of nitrogens with zero attached hydrogens (tertiary/aromatic N) is 3. The van der Waals surface area contributed by atoms with Gasteiger partial charge in [-0.15, -0.1) is 0 Å². The zero-order valence-corrected chi connectivity index (χ0v) is 19.5. The molecule has 0 spiro atoms. The van der Waals surface area contributed by atoms with Crippen molar-refractivity contribution in [3.05, 3.63) is 29.8 Å². The number of nitrogens with one attached hydrogen (secondary N) is 1. The van der Waals surface area contributed by atoms with Crippen molar-refractivity contribution >= 4 is 5.96 Å². The lowest BCUT2D eigenvalue weighted by molar-refractivity contribution is -0.0817. The van der Waals surface area contributed by atoms with Crippen LogP contribution in [0.15, 0.2) is 29.3 Å². The molecule has 3 fully saturated rings. The molecule has 0 radical (unpaired) electrons. The fraction of sp³-hybridized carbons (Fsp3) is 0.708. The van der Waals surface area contributed by atoms with E-state index in [4.69, 9.17) is 23.9 Å². The van der Waals surface area contributed by atoms with E-state index in [1.807, 2.05) is 12.1 Å². The van der Waals surface area contributed by atoms with Crippen LogP contribution in [0.2, 0.25) is 0 Å². The van der Waals surface area contributed by atoms with Gasteiger partial charge in [-0.1, -0.05) is 12.1 Å². The van der Waals surface area contributed by atoms with Crippen molar-refractivity contribution in [3.63, 3.8) is 0 Å². The summed E-state index contributed by atoms with van der Waals surface area (Å²) in [6.07, 6.45) is 2.54. The summed E-state index contributed by atoms with van der Waals surface area (Å²) >= 11 is 0. The van der Waals surface area contributed by atoms with Gasteiger partial charge in [-0.25, -0.2) is 0 Å². The van der Waals surface area contributed by atoms with Crippen LogP contribution >= 0.6 is 0 Å². The predicted molar refractivity (Wildman–Crippen MR) is 124 cm³/mol. The van der Waals surface area contributed by atoms with Gasteiger partial charge in [0.2, 0.25) is 0 Å². The maximum Gasteiger partial charge on any atom is 0.194 e. The molecule has 3 atom stereocenters. The number of methoxy groups -OCH3 is 1. The molecule has 3 heterocycles. The lowest BCUT2D eigenvalue weighted by atomic mass is 10.0. The topological polar surface area (TPSA) is 67.8 Å². The highest BCUT2D eigenvalue weighted by atomic mass is 16.5. The number of morpholine rings is 2. The SMILES string of the molecule is CCNC(=NCC(c1ccc(OC)cc1)N1CCOCC1)N1CCOC(C2CCCO2)C1. The highest BCUT2D eigenvalue weighted by molar-refractivity contribution is 5.80. The molecule has 3 aliphatic heterocycles. The lowest BCUT2D eigenvalue weighted by Gasteiger charge is -2.38. The maximum atomic E-state index is 6.05. The third kappa shape index (κ3) is 5.92. The van der Waals surface area contributed by atoms with Crippen LogP contribution in [0.5, 0.6) is 5.75 Å². The molecule has 0 aromatic heterocycles. The van der Waals surface area contributed by atoms with Crippen LogP contribution in [-0.2, 0) is 14.2 Å². The molecule has 1 aromatic rings. The van der Waals surface area contributed by atoms with Crippen LogP contribution in [0, 0.1) is 0 Å². The Morgan fingerprint density at radius 2 is 1.88 bits per heavy atom. The first kappa shape index (κ1) is 23.3. The number of benzene rings is 1. The Hall–Kier alpha value is -1.87. The van der Waals surface area contributed by atoms with Crippen molar-refractivity contribution < 1.29 is 18.9 Å². The summed E-state index contributed by atoms with van der Waals surface area (Å²) in [7, 11) is 1.70. The van der Waals surface area contributed by atoms with Crippen molar-refractivity contribution in [2.75, 3.05) is 72.8 Å². The zero-order valence-electron chi connectivity index (χ0n) is 19.5. The van der Waals surface area contributed by atoms with Gasteiger partial charge < -0.3 is 29.2 Å². The molecule has 3 unspecified atom stereocenters. The van der Waals surface area contributed by atoms with Crippen LogP contribution in [0.25, 0.3) is 0 Å². The summed E-state index contributed by atoms with van der Waals surface area (Å²) in [5.74, 6) is 1.84. The fourth-order valence-corrected chi connectivity index (χ4v) is 4.73. The van der Waals surface area contributed by atoms with Gasteiger partial charge in [0.15, 0.2) is 5.96 Å². The van der Waals surface area contributed by atoms with E-state index in [2.05, 4.69) is 34.2 Å². The van der Waals surface area contributed by atoms with E-state index in [1.54, 1.807) is 7.11 Å². The van der Waals surface area contributed by atoms with Gasteiger partial charge in [-0.05, 0) is 37.5 Å². The van der Waals surface area contributed by atoms with Crippen LogP contribution in [0.1, 0.15) is 31.4 Å². The third-order valence-electron chi connectivity index (χ3n) is 6.51. The predicted octanol–water partition coefficient (Wildman–Crippen LogP) is 1.91. The van der Waals surface area contributed by atoms with Crippen LogP contribution < -0.4 is 10.1 Å². The second kappa shape index (κ2) is 11.8. The number of aliphatic imine (C=N–C) groups is 1. The normalized spacial score (nSPS) is 26.2. The van der Waals surface area contributed by atoms with Gasteiger partial charge in [0, 0.05) is 39.3 Å². The Morgan fingerprint density at radius 3 is 2.56 bits per heavy atom. The third-order valence-corrected chi connectivity index (χ3v) is 6.51. The number of guanidine groups is 1. The smallest absolute Gasteiger partial charge is 0.194 e. The number of hydrogen-bond acceptors (Lipinski definition) is 6. The molecular formula is C24H38N4O4. The zero-order chi connectivity index (χ0) is 22.2. The van der Waals surface area contributed by atoms with Gasteiger partial charge in [0.1, 0.15) is 11.9 Å². The minimum atomic E-state index is 0.117. The van der Waals surface area contributed by atoms with E-state index in [1.165, 1.54) is 5.56 Å². The first-order valence-corrected chi connectivity index (χ1v) is 12.0. The standard InChI is InChI=1S/C24H38N4O4/c1-3-25-24(28-12-16-32-23(18-28)22-5-4-13-31-22)26-17-21(27-10-14-30-15-11-27)19-6-8-20(29-2)9-7-19/h6-9,21-23H,3-5,10-18H2,1-2H3,(H,25,26). The Morgan fingerprint density at radius 1 is 1.09 bits per heavy atom. The van der Waals surface area contributed by atoms with Crippen molar-refractivity contribution in [1.82, 2.24) is 15.1 Å². The van der Waals surface area contributed by atoms with Crippen molar-refractivity contribution in [1.29, 1.82) is 0 Å². The summed E-state index contributed by atoms with van der Waals surface area (Å²) in [4.78, 5) is 9.93. The molecule has 4 rings (SSSR count). The summed E-state index contributed by atoms with van der Waals surface area (Å²) in [6.45, 7) is 10.2. The van der Waals surface area contributed by atoms with Crippen molar-refractivity contribution in [2.45, 2.75) is 38.0 Å². The molecule has 0 saturated carbocycles. The van der Waals surface area contributed by atoms with E-state index < -0.39 is 0 Å². The fourth-order valence-electron chi connectivity index (χ4n) is 4.73. The van der Waals surface area contributed by atoms with E-state index >= 15 is 0 Å². The highest BCUT2D eigenvalue weighted by Gasteiger charge is 2.32. The molecule has 3 saturated heterocycles. The van der Waals surface area contributed by atoms with Crippen LogP contribution in [0.3, 0.4) is 0 Å². The molecule has 178 valence electrons. The van der Waals surface area contributed by atoms with E-state index in [0.29, 0.717) is 13.2 Å². The molecule has 0 amide bonds. The van der Waals surface area contributed by atoms with E-state index in [0.717, 1.165) is 77.1 Å². The molecule has 3 aliphatic rings. The Labute approximate surface area is 191 Å². The average Bonchev–Trinajstić information content (AvgIpc) is 3.40. The second-order valence-corrected chi connectivity index (χ2v) is 8.54. The van der Waals surface area contributed by atoms with Gasteiger partial charge >= 0.3 is 0 Å². The molecule has 0 aliphatic carbocycles. The van der Waals surface area contributed by atoms with Crippen LogP contribution in [0.4, 0.5) is 0 Å². The Balaban J connectivity index is 1.49. The molecule has 8 nitrogen and oxygen atoms in total. The van der Waals surface area contributed by atoms with Crippen LogP contribution in [-0.4, -0.2) is 101 Å². The second-order valence-electron chi connectivity index (χ2n) is 8.54. The van der Waals surface area contributed by atoms with Gasteiger partial charge in [-0.3, -0.25) is 9.89 Å². The maximum absolute atomic E-state index is 6.05. The summed E-state index contributed by atoms with van der Waals surface area (Å²) in [6, 6.07) is 8.58. The minimum absolute atomic E-state index is 0.117. The highest BCUT2D eigenvalue weighted by Crippen LogP contribution is 2.25. The first-order chi connectivity index (χ1) is 15.8. The molecule has 1 aromatic carbocycles. The number of hydrogen-bond donors (Lipinski definition) is 1. The van der Waals surface area contributed by atoms with Crippen molar-refractivity contribution in [3.8, 4) is 5.75 Å². The monoisotopic (exact) mass is 446 g/mol. The van der Waals surface area contributed by atoms with E-state index in [9.17, 15) is 0 Å². The van der Waals surface area contributed by atoms with Gasteiger partial charge in [-0.2, -0.15) is 0 Å². The minimum Gasteiger partial charge on any atom is -0.497 e. The number of ether oxygens (including phenoxy) is 4. The summed E-state index contributed by atoms with van der Waals surface area (Å²) in [5.41, 5.74) is 1.26. The summed E-state index contributed by atoms with van der Waals surface area (Å²) in [5, 5.41) is 3.51. The van der Waals surface area contributed by atoms with Gasteiger partial charge in [0.25, 0.3) is 0 Å². The molecule has 1 N–H and O–H groups in total. The Kier molecular flexibility index (Phi) is 8.62. The van der Waals surface area contributed by atoms with Gasteiger partial charge in [0.05, 0.1) is 45.6 Å².